The van der Waals surface area contributed by atoms with Crippen LogP contribution in [0.1, 0.15) is 27.7 Å². The number of rotatable bonds is 5. The summed E-state index contributed by atoms with van der Waals surface area (Å²) in [6.07, 6.45) is 0. The SMILES string of the molecule is CCN(CC)c1ccc2cc3ccc(=[N+](CC)CC)cc-3sc2c1. The van der Waals surface area contributed by atoms with Gasteiger partial charge in [0.15, 0.2) is 0 Å². The number of hydrogen-bond donors (Lipinski definition) is 0. The molecule has 0 fully saturated rings. The van der Waals surface area contributed by atoms with E-state index in [1.807, 2.05) is 11.3 Å². The Kier molecular flexibility index (Phi) is 5.20. The number of nitrogens with zero attached hydrogens (tertiary/aromatic N) is 2. The highest BCUT2D eigenvalue weighted by Crippen LogP contribution is 2.34. The van der Waals surface area contributed by atoms with Crippen LogP contribution in [0.4, 0.5) is 5.69 Å². The highest BCUT2D eigenvalue weighted by atomic mass is 32.1. The molecule has 2 nitrogen and oxygen atoms in total. The Morgan fingerprint density at radius 2 is 1.62 bits per heavy atom. The molecule has 0 unspecified atom stereocenters. The summed E-state index contributed by atoms with van der Waals surface area (Å²) in [5, 5.41) is 2.65. The molecule has 1 aliphatic carbocycles. The Labute approximate surface area is 149 Å². The fourth-order valence-electron chi connectivity index (χ4n) is 3.32. The standard InChI is InChI=1S/C21H27N2S/c1-5-22(6-2)18-11-9-16-13-17-10-12-19(23(7-3)8-4)15-21(17)24-20(16)14-18/h9-15H,5-8H2,1-4H3/q+1. The number of anilines is 1. The van der Waals surface area contributed by atoms with Crippen LogP contribution in [-0.4, -0.2) is 26.2 Å². The monoisotopic (exact) mass is 339 g/mol. The van der Waals surface area contributed by atoms with Crippen LogP contribution in [0.3, 0.4) is 0 Å². The first kappa shape index (κ1) is 17.0. The summed E-state index contributed by atoms with van der Waals surface area (Å²) in [4.78, 5) is 3.77. The third kappa shape index (κ3) is 3.18. The Morgan fingerprint density at radius 3 is 2.29 bits per heavy atom. The maximum Gasteiger partial charge on any atom is 0.201 e. The summed E-state index contributed by atoms with van der Waals surface area (Å²) in [6, 6.07) is 16.0. The van der Waals surface area contributed by atoms with Gasteiger partial charge in [-0.15, -0.1) is 11.3 Å². The van der Waals surface area contributed by atoms with Crippen LogP contribution >= 0.6 is 11.3 Å². The third-order valence-corrected chi connectivity index (χ3v) is 5.93. The number of benzene rings is 2. The van der Waals surface area contributed by atoms with Crippen LogP contribution < -0.4 is 14.8 Å². The fourth-order valence-corrected chi connectivity index (χ4v) is 4.40. The quantitative estimate of drug-likeness (QED) is 0.484. The highest BCUT2D eigenvalue weighted by Gasteiger charge is 2.10. The van der Waals surface area contributed by atoms with E-state index in [0.29, 0.717) is 0 Å². The zero-order valence-corrected chi connectivity index (χ0v) is 16.0. The first-order valence-electron chi connectivity index (χ1n) is 9.00. The van der Waals surface area contributed by atoms with Gasteiger partial charge in [0.2, 0.25) is 5.36 Å². The smallest absolute Gasteiger partial charge is 0.201 e. The molecular formula is C21H27N2S+. The van der Waals surface area contributed by atoms with Crippen molar-refractivity contribution in [2.75, 3.05) is 31.1 Å². The van der Waals surface area contributed by atoms with Crippen molar-refractivity contribution in [2.45, 2.75) is 27.7 Å². The first-order valence-corrected chi connectivity index (χ1v) is 9.82. The molecule has 126 valence electrons. The van der Waals surface area contributed by atoms with Gasteiger partial charge in [-0.3, -0.25) is 0 Å². The summed E-state index contributed by atoms with van der Waals surface area (Å²) < 4.78 is 3.77. The van der Waals surface area contributed by atoms with Gasteiger partial charge in [0.1, 0.15) is 13.1 Å². The van der Waals surface area contributed by atoms with Crippen molar-refractivity contribution in [3.8, 4) is 10.4 Å². The van der Waals surface area contributed by atoms with Gasteiger partial charge in [-0.05, 0) is 62.9 Å². The van der Waals surface area contributed by atoms with Gasteiger partial charge in [-0.1, -0.05) is 6.07 Å². The Balaban J connectivity index is 2.19. The lowest BCUT2D eigenvalue weighted by molar-refractivity contribution is 0.626. The molecule has 1 heterocycles. The maximum absolute atomic E-state index is 2.41. The molecule has 24 heavy (non-hydrogen) atoms. The van der Waals surface area contributed by atoms with Crippen LogP contribution in [-0.2, 0) is 0 Å². The molecule has 0 atom stereocenters. The molecule has 0 spiro atoms. The Hall–Kier alpha value is -1.87. The van der Waals surface area contributed by atoms with Crippen molar-refractivity contribution >= 4 is 27.1 Å². The van der Waals surface area contributed by atoms with E-state index in [9.17, 15) is 0 Å². The second kappa shape index (κ2) is 7.35. The minimum absolute atomic E-state index is 1.05. The molecule has 0 N–H and O–H groups in total. The zero-order chi connectivity index (χ0) is 17.1. The van der Waals surface area contributed by atoms with Gasteiger partial charge < -0.3 is 4.90 Å². The second-order valence-electron chi connectivity index (χ2n) is 6.04. The summed E-state index contributed by atoms with van der Waals surface area (Å²) in [7, 11) is 0. The molecule has 0 bridgehead atoms. The van der Waals surface area contributed by atoms with Gasteiger partial charge >= 0.3 is 0 Å². The predicted octanol–water partition coefficient (Wildman–Crippen LogP) is 4.66. The van der Waals surface area contributed by atoms with Crippen molar-refractivity contribution in [3.63, 3.8) is 0 Å². The summed E-state index contributed by atoms with van der Waals surface area (Å²) in [5.74, 6) is 0. The average molecular weight is 340 g/mol. The normalized spacial score (nSPS) is 11.2. The number of fused-ring (bicyclic) bond motifs is 2. The van der Waals surface area contributed by atoms with Crippen molar-refractivity contribution in [1.82, 2.24) is 4.58 Å². The molecule has 2 aliphatic rings. The van der Waals surface area contributed by atoms with E-state index in [4.69, 9.17) is 0 Å². The van der Waals surface area contributed by atoms with Gasteiger partial charge in [0.05, 0.1) is 0 Å². The van der Waals surface area contributed by atoms with E-state index in [0.717, 1.165) is 26.2 Å². The van der Waals surface area contributed by atoms with Crippen LogP contribution in [0.25, 0.3) is 20.5 Å². The highest BCUT2D eigenvalue weighted by molar-refractivity contribution is 7.21. The van der Waals surface area contributed by atoms with Crippen molar-refractivity contribution in [3.05, 3.63) is 47.8 Å². The minimum Gasteiger partial charge on any atom is -0.372 e. The molecule has 1 aliphatic heterocycles. The molecule has 1 aromatic rings. The lowest BCUT2D eigenvalue weighted by atomic mass is 10.1. The summed E-state index contributed by atoms with van der Waals surface area (Å²) in [5.41, 5.74) is 2.65. The third-order valence-electron chi connectivity index (χ3n) is 4.78. The van der Waals surface area contributed by atoms with E-state index in [1.165, 1.54) is 31.6 Å². The lowest BCUT2D eigenvalue weighted by Gasteiger charge is -2.21. The zero-order valence-electron chi connectivity index (χ0n) is 15.2. The van der Waals surface area contributed by atoms with E-state index >= 15 is 0 Å². The van der Waals surface area contributed by atoms with Crippen LogP contribution in [0.2, 0.25) is 0 Å². The van der Waals surface area contributed by atoms with Crippen molar-refractivity contribution in [2.24, 2.45) is 0 Å². The van der Waals surface area contributed by atoms with E-state index < -0.39 is 0 Å². The largest absolute Gasteiger partial charge is 0.372 e. The molecule has 1 aromatic carbocycles. The first-order chi connectivity index (χ1) is 11.7. The van der Waals surface area contributed by atoms with Crippen molar-refractivity contribution in [1.29, 1.82) is 0 Å². The summed E-state index contributed by atoms with van der Waals surface area (Å²) >= 11 is 1.90. The molecule has 3 heteroatoms. The molecule has 0 radical (unpaired) electrons. The average Bonchev–Trinajstić information content (AvgIpc) is 2.62. The fraction of sp³-hybridized carbons (Fsp3) is 0.381. The molecule has 0 saturated carbocycles. The Morgan fingerprint density at radius 1 is 0.875 bits per heavy atom. The van der Waals surface area contributed by atoms with E-state index in [2.05, 4.69) is 79.6 Å². The second-order valence-corrected chi connectivity index (χ2v) is 7.12. The number of hydrogen-bond acceptors (Lipinski definition) is 2. The van der Waals surface area contributed by atoms with E-state index in [-0.39, 0.29) is 0 Å². The molecule has 3 rings (SSSR count). The lowest BCUT2D eigenvalue weighted by Crippen LogP contribution is -2.29. The van der Waals surface area contributed by atoms with Gasteiger partial charge in [-0.2, -0.15) is 0 Å². The van der Waals surface area contributed by atoms with Gasteiger partial charge in [-0.25, -0.2) is 4.58 Å². The maximum atomic E-state index is 2.41. The van der Waals surface area contributed by atoms with E-state index in [1.54, 1.807) is 0 Å². The summed E-state index contributed by atoms with van der Waals surface area (Å²) in [6.45, 7) is 13.1. The Bertz CT molecular complexity index is 869. The molecule has 0 saturated heterocycles. The van der Waals surface area contributed by atoms with Crippen LogP contribution in [0.15, 0.2) is 42.5 Å². The van der Waals surface area contributed by atoms with Gasteiger partial charge in [0.25, 0.3) is 0 Å². The molecule has 0 aromatic heterocycles. The predicted molar refractivity (Wildman–Crippen MR) is 108 cm³/mol. The molecular weight excluding hydrogens is 312 g/mol. The van der Waals surface area contributed by atoms with Gasteiger partial charge in [0, 0.05) is 40.5 Å². The van der Waals surface area contributed by atoms with Crippen molar-refractivity contribution < 1.29 is 0 Å². The minimum atomic E-state index is 1.05. The topological polar surface area (TPSA) is 6.25 Å². The van der Waals surface area contributed by atoms with Crippen LogP contribution in [0.5, 0.6) is 0 Å². The van der Waals surface area contributed by atoms with Crippen LogP contribution in [0, 0.1) is 0 Å². The molecule has 0 amide bonds.